The molecule has 1 aliphatic heterocycles. The average Bonchev–Trinajstić information content (AvgIpc) is 3.80. The lowest BCUT2D eigenvalue weighted by Gasteiger charge is -2.25. The molecular weight excluding hydrogens is 639 g/mol. The van der Waals surface area contributed by atoms with Crippen LogP contribution in [0.3, 0.4) is 0 Å². The molecule has 0 spiro atoms. The van der Waals surface area contributed by atoms with E-state index in [-0.39, 0.29) is 19.1 Å². The van der Waals surface area contributed by atoms with Crippen molar-refractivity contribution >= 4 is 13.7 Å². The summed E-state index contributed by atoms with van der Waals surface area (Å²) >= 11 is 0. The number of nitrogens with zero attached hydrogens (tertiary/aromatic N) is 1. The highest BCUT2D eigenvalue weighted by Crippen LogP contribution is 2.43. The maximum absolute atomic E-state index is 12.8. The number of carbonyl (C=O) groups is 1. The summed E-state index contributed by atoms with van der Waals surface area (Å²) in [6.07, 6.45) is 33.7. The minimum atomic E-state index is -4.35. The molecule has 10 heteroatoms. The number of ether oxygens (including phenoxy) is 1. The third kappa shape index (κ3) is 28.0. The number of hydrogen-bond acceptors (Lipinski definition) is 6. The lowest BCUT2D eigenvalue weighted by Crippen LogP contribution is -2.45. The van der Waals surface area contributed by atoms with E-state index in [0.717, 1.165) is 64.2 Å². The number of aliphatic hydroxyl groups is 1. The van der Waals surface area contributed by atoms with E-state index < -0.39 is 20.0 Å². The van der Waals surface area contributed by atoms with Crippen LogP contribution in [0.4, 0.5) is 0 Å². The third-order valence-corrected chi connectivity index (χ3v) is 9.74. The molecule has 0 aliphatic carbocycles. The monoisotopic (exact) mass is 714 g/mol. The molecule has 1 heterocycles. The van der Waals surface area contributed by atoms with Gasteiger partial charge in [0, 0.05) is 6.42 Å². The standard InChI is InChI=1S/C39H73N2O7P/c1-6-8-10-12-14-15-16-17-18-20-24-28-36(42)35(34-47-49(44,45)46-33-32-41(3,4)5)40-39(43)31-27-23-19-22-26-30-38-37(48-38)29-25-21-13-11-9-7-2/h16-17,21,24-25,28,35-38,42H,6-15,18-20,22-23,26-27,29-34H2,1-5H3,(H-,40,43,44,45)/p+1/b17-16-,25-21-,28-24+/t35-,36+,37?,38?/m0/s1. The minimum Gasteiger partial charge on any atom is -0.387 e. The zero-order chi connectivity index (χ0) is 36.2. The van der Waals surface area contributed by atoms with Crippen molar-refractivity contribution < 1.29 is 37.6 Å². The zero-order valence-corrected chi connectivity index (χ0v) is 32.8. The van der Waals surface area contributed by atoms with Gasteiger partial charge in [-0.2, -0.15) is 0 Å². The quantitative estimate of drug-likeness (QED) is 0.0204. The van der Waals surface area contributed by atoms with E-state index in [2.05, 4.69) is 43.5 Å². The molecule has 1 aliphatic rings. The van der Waals surface area contributed by atoms with E-state index in [0.29, 0.717) is 29.7 Å². The first-order valence-corrected chi connectivity index (χ1v) is 21.0. The van der Waals surface area contributed by atoms with Gasteiger partial charge < -0.3 is 24.5 Å². The van der Waals surface area contributed by atoms with Crippen LogP contribution >= 0.6 is 7.82 Å². The Morgan fingerprint density at radius 3 is 2.12 bits per heavy atom. The predicted molar refractivity (Wildman–Crippen MR) is 202 cm³/mol. The van der Waals surface area contributed by atoms with Gasteiger partial charge >= 0.3 is 7.82 Å². The number of aliphatic hydroxyl groups excluding tert-OH is 1. The minimum absolute atomic E-state index is 0.0494. The number of allylic oxidation sites excluding steroid dienone is 4. The van der Waals surface area contributed by atoms with Crippen molar-refractivity contribution in [1.29, 1.82) is 0 Å². The number of amides is 1. The van der Waals surface area contributed by atoms with Gasteiger partial charge in [-0.15, -0.1) is 0 Å². The number of likely N-dealkylation sites (N-methyl/N-ethyl adjacent to an activating group) is 1. The van der Waals surface area contributed by atoms with Crippen molar-refractivity contribution in [3.05, 3.63) is 36.5 Å². The molecule has 5 atom stereocenters. The highest BCUT2D eigenvalue weighted by molar-refractivity contribution is 7.47. The first-order valence-electron chi connectivity index (χ1n) is 19.5. The van der Waals surface area contributed by atoms with Crippen LogP contribution < -0.4 is 5.32 Å². The van der Waals surface area contributed by atoms with Gasteiger partial charge in [-0.1, -0.05) is 115 Å². The Bertz CT molecular complexity index is 966. The number of unbranched alkanes of at least 4 members (excludes halogenated alkanes) is 13. The molecule has 0 aromatic rings. The van der Waals surface area contributed by atoms with Crippen LogP contribution in [0.15, 0.2) is 36.5 Å². The molecule has 9 nitrogen and oxygen atoms in total. The smallest absolute Gasteiger partial charge is 0.387 e. The molecule has 0 saturated carbocycles. The molecule has 286 valence electrons. The number of rotatable bonds is 33. The molecule has 0 aromatic carbocycles. The molecular formula is C39H74N2O7P+. The maximum atomic E-state index is 12.8. The summed E-state index contributed by atoms with van der Waals surface area (Å²) in [4.78, 5) is 23.0. The first kappa shape index (κ1) is 45.7. The van der Waals surface area contributed by atoms with Crippen LogP contribution in [-0.4, -0.2) is 85.6 Å². The summed E-state index contributed by atoms with van der Waals surface area (Å²) in [5.74, 6) is -0.210. The number of carbonyl (C=O) groups excluding carboxylic acids is 1. The zero-order valence-electron chi connectivity index (χ0n) is 31.9. The molecule has 0 radical (unpaired) electrons. The highest BCUT2D eigenvalue weighted by Gasteiger charge is 2.36. The molecule has 1 saturated heterocycles. The Kier molecular flexibility index (Phi) is 26.4. The van der Waals surface area contributed by atoms with Crippen molar-refractivity contribution in [2.45, 2.75) is 167 Å². The Hall–Kier alpha value is -1.32. The van der Waals surface area contributed by atoms with Gasteiger partial charge in [0.05, 0.1) is 52.1 Å². The van der Waals surface area contributed by atoms with Crippen molar-refractivity contribution in [2.75, 3.05) is 40.9 Å². The van der Waals surface area contributed by atoms with E-state index in [1.54, 1.807) is 6.08 Å². The molecule has 0 aromatic heterocycles. The predicted octanol–water partition coefficient (Wildman–Crippen LogP) is 8.95. The number of hydrogen-bond donors (Lipinski definition) is 3. The van der Waals surface area contributed by atoms with Crippen LogP contribution in [0, 0.1) is 0 Å². The summed E-state index contributed by atoms with van der Waals surface area (Å²) in [6, 6.07) is -0.873. The summed E-state index contributed by atoms with van der Waals surface area (Å²) in [6.45, 7) is 4.69. The Morgan fingerprint density at radius 2 is 1.39 bits per heavy atom. The van der Waals surface area contributed by atoms with Gasteiger partial charge in [0.1, 0.15) is 13.2 Å². The van der Waals surface area contributed by atoms with Gasteiger partial charge in [-0.05, 0) is 57.8 Å². The summed E-state index contributed by atoms with van der Waals surface area (Å²) < 4.78 is 29.2. The second-order valence-electron chi connectivity index (χ2n) is 14.7. The molecule has 1 amide bonds. The fourth-order valence-corrected chi connectivity index (χ4v) is 6.21. The van der Waals surface area contributed by atoms with Crippen molar-refractivity contribution in [3.63, 3.8) is 0 Å². The number of phosphoric ester groups is 1. The van der Waals surface area contributed by atoms with E-state index in [1.165, 1.54) is 57.8 Å². The second-order valence-corrected chi connectivity index (χ2v) is 16.1. The van der Waals surface area contributed by atoms with Crippen LogP contribution in [0.2, 0.25) is 0 Å². The highest BCUT2D eigenvalue weighted by atomic mass is 31.2. The summed E-state index contributed by atoms with van der Waals surface area (Å²) in [7, 11) is 1.53. The lowest BCUT2D eigenvalue weighted by molar-refractivity contribution is -0.870. The van der Waals surface area contributed by atoms with E-state index >= 15 is 0 Å². The van der Waals surface area contributed by atoms with E-state index in [4.69, 9.17) is 13.8 Å². The van der Waals surface area contributed by atoms with Gasteiger partial charge in [0.2, 0.25) is 5.91 Å². The molecule has 1 rings (SSSR count). The topological polar surface area (TPSA) is 118 Å². The van der Waals surface area contributed by atoms with E-state index in [9.17, 15) is 19.4 Å². The van der Waals surface area contributed by atoms with Crippen LogP contribution in [0.5, 0.6) is 0 Å². The average molecular weight is 714 g/mol. The van der Waals surface area contributed by atoms with Crippen LogP contribution in [0.1, 0.15) is 142 Å². The van der Waals surface area contributed by atoms with Crippen LogP contribution in [0.25, 0.3) is 0 Å². The number of nitrogens with one attached hydrogen (secondary N) is 1. The van der Waals surface area contributed by atoms with Crippen LogP contribution in [-0.2, 0) is 23.1 Å². The summed E-state index contributed by atoms with van der Waals surface area (Å²) in [5.41, 5.74) is 0. The fourth-order valence-electron chi connectivity index (χ4n) is 5.47. The van der Waals surface area contributed by atoms with Crippen molar-refractivity contribution in [2.24, 2.45) is 0 Å². The number of quaternary nitrogens is 1. The molecule has 3 N–H and O–H groups in total. The normalized spacial score (nSPS) is 19.2. The lowest BCUT2D eigenvalue weighted by atomic mass is 10.1. The van der Waals surface area contributed by atoms with Gasteiger partial charge in [0.15, 0.2) is 0 Å². The Balaban J connectivity index is 2.40. The largest absolute Gasteiger partial charge is 0.472 e. The molecule has 1 fully saturated rings. The Morgan fingerprint density at radius 1 is 0.796 bits per heavy atom. The second kappa shape index (κ2) is 28.3. The van der Waals surface area contributed by atoms with Gasteiger partial charge in [0.25, 0.3) is 0 Å². The fraction of sp³-hybridized carbons (Fsp3) is 0.821. The Labute approximate surface area is 300 Å². The van der Waals surface area contributed by atoms with Crippen molar-refractivity contribution in [3.8, 4) is 0 Å². The molecule has 3 unspecified atom stereocenters. The molecule has 49 heavy (non-hydrogen) atoms. The number of phosphoric acid groups is 1. The van der Waals surface area contributed by atoms with Gasteiger partial charge in [-0.25, -0.2) is 4.57 Å². The first-order chi connectivity index (χ1) is 23.5. The third-order valence-electron chi connectivity index (χ3n) is 8.76. The van der Waals surface area contributed by atoms with Gasteiger partial charge in [-0.3, -0.25) is 13.8 Å². The van der Waals surface area contributed by atoms with E-state index in [1.807, 2.05) is 27.2 Å². The summed E-state index contributed by atoms with van der Waals surface area (Å²) in [5, 5.41) is 13.7. The number of epoxide rings is 1. The SMILES string of the molecule is CCCCC/C=C\CC1OC1CCCCCCCC(=O)N[C@@H](COP(=O)(O)OCC[N+](C)(C)C)[C@H](O)/C=C/CC/C=C\CCCCCCC. The van der Waals surface area contributed by atoms with Crippen molar-refractivity contribution in [1.82, 2.24) is 5.32 Å². The maximum Gasteiger partial charge on any atom is 0.472 e. The molecule has 0 bridgehead atoms.